The Morgan fingerprint density at radius 3 is 1.31 bits per heavy atom. The average molecular weight is 1030 g/mol. The standard InChI is InChI=1S/C15H19N2O6P.C14H18N3O5P.C14H17N2O6P/c1-12-10-17(15(19)16-14(12)18)8-9-22-11-24(20,21-2)23-13-6-4-3-5-7-13;1-20-23(19,22-12-5-3-2-4-6-12)11-21-10-9-17-8-7-13(15)16-14(17)18;1-20-23(19,22-12-5-3-2-4-6-12)11-21-10-9-16-8-7-13(17)15-14(16)18/h3-7,10H,8-9,11H2,1-2H3,(H,16,18,19);2-8H,9-11H2,1H3,(H2,15,16,18);2-8H,9-11H2,1H3,(H,15,17,18). The van der Waals surface area contributed by atoms with Crippen molar-refractivity contribution in [1.29, 1.82) is 0 Å². The Morgan fingerprint density at radius 2 is 0.914 bits per heavy atom. The lowest BCUT2D eigenvalue weighted by Crippen LogP contribution is -2.31. The van der Waals surface area contributed by atoms with Crippen molar-refractivity contribution in [3.8, 4) is 17.2 Å². The normalized spacial score (nSPS) is 13.4. The number of H-pyrrole nitrogens is 2. The van der Waals surface area contributed by atoms with Gasteiger partial charge in [-0.3, -0.25) is 33.3 Å². The van der Waals surface area contributed by atoms with Crippen molar-refractivity contribution in [1.82, 2.24) is 28.7 Å². The summed E-state index contributed by atoms with van der Waals surface area (Å²) < 4.78 is 88.0. The lowest BCUT2D eigenvalue weighted by molar-refractivity contribution is 0.144. The number of rotatable bonds is 24. The van der Waals surface area contributed by atoms with Crippen LogP contribution in [0.3, 0.4) is 0 Å². The Bertz CT molecular complexity index is 2990. The zero-order valence-corrected chi connectivity index (χ0v) is 41.2. The molecule has 6 rings (SSSR count). The second-order valence-corrected chi connectivity index (χ2v) is 20.2. The highest BCUT2D eigenvalue weighted by atomic mass is 31.2. The fraction of sp³-hybridized carbons (Fsp3) is 0.302. The van der Waals surface area contributed by atoms with E-state index in [-0.39, 0.29) is 64.3 Å². The molecule has 0 bridgehead atoms. The maximum absolute atomic E-state index is 12.4. The zero-order valence-electron chi connectivity index (χ0n) is 38.6. The topological polar surface area (TPSA) is 305 Å². The molecule has 4 N–H and O–H groups in total. The molecular weight excluding hydrogens is 979 g/mol. The van der Waals surface area contributed by atoms with Crippen molar-refractivity contribution in [2.24, 2.45) is 0 Å². The van der Waals surface area contributed by atoms with Crippen molar-refractivity contribution in [3.05, 3.63) is 179 Å². The molecule has 0 fully saturated rings. The Morgan fingerprint density at radius 1 is 0.529 bits per heavy atom. The number of nitrogens with zero attached hydrogens (tertiary/aromatic N) is 4. The van der Waals surface area contributed by atoms with E-state index < -0.39 is 51.0 Å². The largest absolute Gasteiger partial charge is 0.423 e. The first kappa shape index (κ1) is 56.1. The van der Waals surface area contributed by atoms with Gasteiger partial charge in [-0.2, -0.15) is 4.98 Å². The summed E-state index contributed by atoms with van der Waals surface area (Å²) in [5, 5.41) is 0. The number of hydrogen-bond acceptors (Lipinski definition) is 19. The van der Waals surface area contributed by atoms with Crippen LogP contribution in [-0.4, -0.2) is 88.8 Å². The Kier molecular flexibility index (Phi) is 22.7. The molecular formula is C43H54N7O17P3. The van der Waals surface area contributed by atoms with Crippen molar-refractivity contribution in [3.63, 3.8) is 0 Å². The van der Waals surface area contributed by atoms with Gasteiger partial charge in [0.1, 0.15) is 23.1 Å². The van der Waals surface area contributed by atoms with Crippen LogP contribution >= 0.6 is 22.8 Å². The first-order chi connectivity index (χ1) is 33.5. The van der Waals surface area contributed by atoms with Gasteiger partial charge in [-0.1, -0.05) is 54.6 Å². The summed E-state index contributed by atoms with van der Waals surface area (Å²) in [5.41, 5.74) is 3.42. The van der Waals surface area contributed by atoms with Crippen molar-refractivity contribution >= 4 is 28.6 Å². The van der Waals surface area contributed by atoms with Gasteiger partial charge in [-0.25, -0.2) is 28.1 Å². The maximum atomic E-state index is 12.4. The van der Waals surface area contributed by atoms with Crippen molar-refractivity contribution in [2.75, 3.05) is 65.9 Å². The molecule has 24 nitrogen and oxygen atoms in total. The first-order valence-electron chi connectivity index (χ1n) is 20.8. The Labute approximate surface area is 400 Å². The fourth-order valence-electron chi connectivity index (χ4n) is 5.31. The highest BCUT2D eigenvalue weighted by Crippen LogP contribution is 2.49. The van der Waals surface area contributed by atoms with E-state index in [1.54, 1.807) is 79.7 Å². The third-order valence-corrected chi connectivity index (χ3v) is 13.6. The molecule has 70 heavy (non-hydrogen) atoms. The molecule has 3 aromatic carbocycles. The monoisotopic (exact) mass is 1030 g/mol. The summed E-state index contributed by atoms with van der Waals surface area (Å²) in [6, 6.07) is 28.7. The van der Waals surface area contributed by atoms with Gasteiger partial charge in [0.2, 0.25) is 0 Å². The molecule has 0 saturated carbocycles. The number of nitrogens with two attached hydrogens (primary N) is 1. The number of para-hydroxylation sites is 3. The summed E-state index contributed by atoms with van der Waals surface area (Å²) in [6.07, 6.45) is 3.59. The summed E-state index contributed by atoms with van der Waals surface area (Å²) in [6.45, 7) is 2.62. The quantitative estimate of drug-likeness (QED) is 0.0537. The summed E-state index contributed by atoms with van der Waals surface area (Å²) in [4.78, 5) is 64.8. The van der Waals surface area contributed by atoms with Crippen LogP contribution in [0, 0.1) is 6.92 Å². The summed E-state index contributed by atoms with van der Waals surface area (Å²) in [7, 11) is -6.43. The molecule has 0 aliphatic heterocycles. The zero-order chi connectivity index (χ0) is 51.0. The molecule has 3 aromatic heterocycles. The van der Waals surface area contributed by atoms with E-state index in [0.29, 0.717) is 22.8 Å². The number of nitrogens with one attached hydrogen (secondary N) is 2. The van der Waals surface area contributed by atoms with Crippen LogP contribution in [0.2, 0.25) is 0 Å². The van der Waals surface area contributed by atoms with E-state index in [4.69, 9.17) is 47.1 Å². The van der Waals surface area contributed by atoms with Crippen LogP contribution in [0.1, 0.15) is 5.56 Å². The maximum Gasteiger partial charge on any atom is 0.404 e. The Hall–Kier alpha value is -6.45. The minimum atomic E-state index is -3.44. The van der Waals surface area contributed by atoms with Gasteiger partial charge in [0, 0.05) is 51.5 Å². The molecule has 3 heterocycles. The number of nitrogen functional groups attached to an aromatic ring is 1. The van der Waals surface area contributed by atoms with Crippen molar-refractivity contribution in [2.45, 2.75) is 26.6 Å². The molecule has 0 aliphatic rings. The smallest absolute Gasteiger partial charge is 0.404 e. The number of aromatic nitrogens is 6. The first-order valence-corrected chi connectivity index (χ1v) is 26.0. The van der Waals surface area contributed by atoms with Crippen LogP contribution in [0.5, 0.6) is 17.2 Å². The highest BCUT2D eigenvalue weighted by Gasteiger charge is 2.27. The van der Waals surface area contributed by atoms with Crippen LogP contribution in [0.15, 0.2) is 146 Å². The lowest BCUT2D eigenvalue weighted by Gasteiger charge is -2.17. The van der Waals surface area contributed by atoms with Gasteiger partial charge < -0.3 is 47.1 Å². The van der Waals surface area contributed by atoms with Gasteiger partial charge in [0.25, 0.3) is 11.1 Å². The Balaban J connectivity index is 0.000000228. The van der Waals surface area contributed by atoms with E-state index in [1.165, 1.54) is 65.8 Å². The van der Waals surface area contributed by atoms with Crippen LogP contribution in [0.4, 0.5) is 5.82 Å². The molecule has 3 unspecified atom stereocenters. The number of benzene rings is 3. The summed E-state index contributed by atoms with van der Waals surface area (Å²) >= 11 is 0. The van der Waals surface area contributed by atoms with Gasteiger partial charge in [-0.05, 0) is 49.4 Å². The minimum absolute atomic E-state index is 0.108. The fourth-order valence-corrected chi connectivity index (χ4v) is 8.39. The molecule has 0 saturated heterocycles. The number of ether oxygens (including phenoxy) is 3. The summed E-state index contributed by atoms with van der Waals surface area (Å²) in [5.74, 6) is 1.42. The third-order valence-electron chi connectivity index (χ3n) is 8.96. The number of hydrogen-bond donors (Lipinski definition) is 3. The van der Waals surface area contributed by atoms with E-state index in [0.717, 1.165) is 0 Å². The number of aryl methyl sites for hydroxylation is 1. The highest BCUT2D eigenvalue weighted by molar-refractivity contribution is 7.54. The van der Waals surface area contributed by atoms with E-state index in [9.17, 15) is 37.7 Å². The van der Waals surface area contributed by atoms with E-state index in [2.05, 4.69) is 15.0 Å². The SMILES string of the molecule is COP(=O)(COCCn1cc(C)c(=O)[nH]c1=O)Oc1ccccc1.COP(=O)(COCCn1ccc(=O)[nH]c1=O)Oc1ccccc1.COP(=O)(COCCn1ccc(N)nc1=O)Oc1ccccc1. The molecule has 27 heteroatoms. The van der Waals surface area contributed by atoms with Gasteiger partial charge >= 0.3 is 39.9 Å². The average Bonchev–Trinajstić information content (AvgIpc) is 3.34. The lowest BCUT2D eigenvalue weighted by atomic mass is 10.3. The molecule has 0 amide bonds. The predicted molar refractivity (Wildman–Crippen MR) is 258 cm³/mol. The van der Waals surface area contributed by atoms with E-state index >= 15 is 0 Å². The second kappa shape index (κ2) is 28.3. The molecule has 3 atom stereocenters. The van der Waals surface area contributed by atoms with Crippen molar-refractivity contribution < 1.29 is 55.0 Å². The second-order valence-electron chi connectivity index (χ2n) is 14.1. The third kappa shape index (κ3) is 19.5. The minimum Gasteiger partial charge on any atom is -0.423 e. The molecule has 0 aliphatic carbocycles. The molecule has 0 radical (unpaired) electrons. The molecule has 378 valence electrons. The molecule has 6 aromatic rings. The van der Waals surface area contributed by atoms with Gasteiger partial charge in [-0.15, -0.1) is 0 Å². The number of aromatic amines is 2. The molecule has 0 spiro atoms. The van der Waals surface area contributed by atoms with E-state index in [1.807, 2.05) is 18.2 Å². The predicted octanol–water partition coefficient (Wildman–Crippen LogP) is 4.88. The van der Waals surface area contributed by atoms with Gasteiger partial charge in [0.15, 0.2) is 19.0 Å². The number of anilines is 1. The van der Waals surface area contributed by atoms with Crippen LogP contribution in [-0.2, 0) is 61.1 Å². The van der Waals surface area contributed by atoms with Crippen LogP contribution < -0.4 is 47.5 Å². The van der Waals surface area contributed by atoms with Crippen LogP contribution in [0.25, 0.3) is 0 Å². The van der Waals surface area contributed by atoms with Gasteiger partial charge in [0.05, 0.1) is 39.5 Å².